The van der Waals surface area contributed by atoms with Crippen molar-refractivity contribution in [2.75, 3.05) is 26.8 Å². The Bertz CT molecular complexity index is 1360. The van der Waals surface area contributed by atoms with Gasteiger partial charge in [0.2, 0.25) is 0 Å². The zero-order valence-corrected chi connectivity index (χ0v) is 19.1. The van der Waals surface area contributed by atoms with Crippen LogP contribution in [0.4, 0.5) is 0 Å². The molecule has 3 heterocycles. The molecule has 2 aromatic heterocycles. The SMILES string of the molecule is COc1cccc(-c2cncc(C3CN(Cc4ccc5c(c4)n(C)c(=O)n5C)CCO3)n2)c1. The number of methoxy groups -OCH3 is 1. The van der Waals surface area contributed by atoms with Crippen LogP contribution in [0, 0.1) is 0 Å². The van der Waals surface area contributed by atoms with Crippen LogP contribution in [0.15, 0.2) is 59.7 Å². The molecule has 0 bridgehead atoms. The second kappa shape index (κ2) is 8.80. The second-order valence-electron chi connectivity index (χ2n) is 8.38. The molecule has 33 heavy (non-hydrogen) atoms. The number of aryl methyl sites for hydroxylation is 2. The molecule has 5 rings (SSSR count). The van der Waals surface area contributed by atoms with Crippen molar-refractivity contribution < 1.29 is 9.47 Å². The van der Waals surface area contributed by atoms with E-state index in [1.54, 1.807) is 35.7 Å². The van der Waals surface area contributed by atoms with Crippen molar-refractivity contribution in [1.82, 2.24) is 24.0 Å². The summed E-state index contributed by atoms with van der Waals surface area (Å²) in [5.41, 5.74) is 5.61. The van der Waals surface area contributed by atoms with E-state index in [9.17, 15) is 4.79 Å². The van der Waals surface area contributed by atoms with Gasteiger partial charge in [0, 0.05) is 39.3 Å². The first-order valence-corrected chi connectivity index (χ1v) is 11.0. The molecule has 2 aromatic carbocycles. The lowest BCUT2D eigenvalue weighted by Gasteiger charge is -2.32. The zero-order valence-electron chi connectivity index (χ0n) is 19.1. The summed E-state index contributed by atoms with van der Waals surface area (Å²) in [6, 6.07) is 14.0. The molecule has 1 fully saturated rings. The van der Waals surface area contributed by atoms with Gasteiger partial charge in [-0.15, -0.1) is 0 Å². The Morgan fingerprint density at radius 3 is 2.79 bits per heavy atom. The molecular weight excluding hydrogens is 418 g/mol. The number of fused-ring (bicyclic) bond motifs is 1. The summed E-state index contributed by atoms with van der Waals surface area (Å²) in [6.07, 6.45) is 3.39. The molecule has 0 saturated carbocycles. The first-order chi connectivity index (χ1) is 16.0. The first-order valence-electron chi connectivity index (χ1n) is 11.0. The maximum absolute atomic E-state index is 12.2. The van der Waals surface area contributed by atoms with Crippen molar-refractivity contribution in [3.8, 4) is 17.0 Å². The standard InChI is InChI=1S/C25H27N5O3/c1-28-22-8-7-17(11-23(22)29(2)25(28)31)15-30-9-10-33-24(16-30)21-14-26-13-20(27-21)18-5-4-6-19(12-18)32-3/h4-8,11-14,24H,9-10,15-16H2,1-3H3. The fourth-order valence-electron chi connectivity index (χ4n) is 4.39. The highest BCUT2D eigenvalue weighted by Crippen LogP contribution is 2.26. The minimum absolute atomic E-state index is 0.0110. The predicted molar refractivity (Wildman–Crippen MR) is 126 cm³/mol. The van der Waals surface area contributed by atoms with E-state index < -0.39 is 0 Å². The van der Waals surface area contributed by atoms with Gasteiger partial charge in [-0.2, -0.15) is 0 Å². The Labute approximate surface area is 192 Å². The average molecular weight is 446 g/mol. The monoisotopic (exact) mass is 445 g/mol. The van der Waals surface area contributed by atoms with E-state index in [4.69, 9.17) is 14.5 Å². The molecular formula is C25H27N5O3. The molecule has 1 atom stereocenters. The molecule has 4 aromatic rings. The summed E-state index contributed by atoms with van der Waals surface area (Å²) < 4.78 is 14.8. The fraction of sp³-hybridized carbons (Fsp3) is 0.320. The Balaban J connectivity index is 1.34. The maximum Gasteiger partial charge on any atom is 0.328 e. The van der Waals surface area contributed by atoms with Crippen molar-refractivity contribution in [3.05, 3.63) is 76.6 Å². The van der Waals surface area contributed by atoms with Gasteiger partial charge in [0.05, 0.1) is 48.5 Å². The summed E-state index contributed by atoms with van der Waals surface area (Å²) in [7, 11) is 5.27. The fourth-order valence-corrected chi connectivity index (χ4v) is 4.39. The topological polar surface area (TPSA) is 74.4 Å². The van der Waals surface area contributed by atoms with Crippen molar-refractivity contribution in [2.24, 2.45) is 14.1 Å². The largest absolute Gasteiger partial charge is 0.497 e. The Morgan fingerprint density at radius 2 is 1.94 bits per heavy atom. The number of hydrogen-bond donors (Lipinski definition) is 0. The lowest BCUT2D eigenvalue weighted by molar-refractivity contribution is -0.0351. The van der Waals surface area contributed by atoms with E-state index in [0.29, 0.717) is 6.61 Å². The highest BCUT2D eigenvalue weighted by atomic mass is 16.5. The van der Waals surface area contributed by atoms with Crippen LogP contribution in [-0.4, -0.2) is 50.8 Å². The quantitative estimate of drug-likeness (QED) is 0.470. The van der Waals surface area contributed by atoms with E-state index in [1.165, 1.54) is 5.56 Å². The number of benzene rings is 2. The van der Waals surface area contributed by atoms with Gasteiger partial charge in [0.15, 0.2) is 0 Å². The number of morpholine rings is 1. The van der Waals surface area contributed by atoms with Crippen LogP contribution < -0.4 is 10.4 Å². The van der Waals surface area contributed by atoms with Crippen molar-refractivity contribution in [2.45, 2.75) is 12.6 Å². The molecule has 0 aliphatic carbocycles. The van der Waals surface area contributed by atoms with E-state index in [2.05, 4.69) is 22.0 Å². The minimum atomic E-state index is -0.151. The van der Waals surface area contributed by atoms with Gasteiger partial charge in [-0.25, -0.2) is 9.78 Å². The van der Waals surface area contributed by atoms with Crippen LogP contribution in [0.2, 0.25) is 0 Å². The Morgan fingerprint density at radius 1 is 1.09 bits per heavy atom. The van der Waals surface area contributed by atoms with Crippen LogP contribution in [0.3, 0.4) is 0 Å². The number of rotatable bonds is 5. The molecule has 0 spiro atoms. The van der Waals surface area contributed by atoms with Crippen LogP contribution in [0.25, 0.3) is 22.3 Å². The number of aromatic nitrogens is 4. The summed E-state index contributed by atoms with van der Waals surface area (Å²) in [5.74, 6) is 0.785. The van der Waals surface area contributed by atoms with E-state index in [0.717, 1.165) is 53.4 Å². The van der Waals surface area contributed by atoms with Crippen LogP contribution >= 0.6 is 0 Å². The van der Waals surface area contributed by atoms with E-state index >= 15 is 0 Å². The molecule has 8 heteroatoms. The third-order valence-electron chi connectivity index (χ3n) is 6.24. The average Bonchev–Trinajstić information content (AvgIpc) is 3.08. The summed E-state index contributed by atoms with van der Waals surface area (Å²) in [5, 5.41) is 0. The number of ether oxygens (including phenoxy) is 2. The predicted octanol–water partition coefficient (Wildman–Crippen LogP) is 2.92. The van der Waals surface area contributed by atoms with Gasteiger partial charge in [-0.1, -0.05) is 18.2 Å². The second-order valence-corrected chi connectivity index (χ2v) is 8.38. The lowest BCUT2D eigenvalue weighted by Crippen LogP contribution is -2.38. The van der Waals surface area contributed by atoms with Gasteiger partial charge in [0.25, 0.3) is 0 Å². The molecule has 0 radical (unpaired) electrons. The third-order valence-corrected chi connectivity index (χ3v) is 6.24. The summed E-state index contributed by atoms with van der Waals surface area (Å²) >= 11 is 0. The summed E-state index contributed by atoms with van der Waals surface area (Å²) in [4.78, 5) is 23.8. The third kappa shape index (κ3) is 4.15. The van der Waals surface area contributed by atoms with Crippen molar-refractivity contribution >= 4 is 11.0 Å². The van der Waals surface area contributed by atoms with Gasteiger partial charge in [0.1, 0.15) is 11.9 Å². The van der Waals surface area contributed by atoms with Crippen LogP contribution in [0.5, 0.6) is 5.75 Å². The van der Waals surface area contributed by atoms with Crippen LogP contribution in [-0.2, 0) is 25.4 Å². The molecule has 170 valence electrons. The van der Waals surface area contributed by atoms with Gasteiger partial charge < -0.3 is 9.47 Å². The molecule has 0 N–H and O–H groups in total. The van der Waals surface area contributed by atoms with Gasteiger partial charge >= 0.3 is 5.69 Å². The van der Waals surface area contributed by atoms with Crippen LogP contribution in [0.1, 0.15) is 17.4 Å². The Kier molecular flexibility index (Phi) is 5.70. The van der Waals surface area contributed by atoms with E-state index in [1.807, 2.05) is 37.4 Å². The van der Waals surface area contributed by atoms with Gasteiger partial charge in [-0.05, 0) is 29.8 Å². The highest BCUT2D eigenvalue weighted by molar-refractivity contribution is 5.76. The molecule has 1 aliphatic rings. The molecule has 1 saturated heterocycles. The number of nitrogens with zero attached hydrogens (tertiary/aromatic N) is 5. The van der Waals surface area contributed by atoms with Gasteiger partial charge in [-0.3, -0.25) is 19.0 Å². The normalized spacial score (nSPS) is 16.9. The first kappa shape index (κ1) is 21.4. The minimum Gasteiger partial charge on any atom is -0.497 e. The molecule has 1 unspecified atom stereocenters. The molecule has 1 aliphatic heterocycles. The maximum atomic E-state index is 12.2. The lowest BCUT2D eigenvalue weighted by atomic mass is 10.1. The Hall–Kier alpha value is -3.49. The molecule has 8 nitrogen and oxygen atoms in total. The van der Waals surface area contributed by atoms with E-state index in [-0.39, 0.29) is 11.8 Å². The smallest absolute Gasteiger partial charge is 0.328 e. The van der Waals surface area contributed by atoms with Crippen molar-refractivity contribution in [3.63, 3.8) is 0 Å². The summed E-state index contributed by atoms with van der Waals surface area (Å²) in [6.45, 7) is 2.97. The highest BCUT2D eigenvalue weighted by Gasteiger charge is 2.24. The number of hydrogen-bond acceptors (Lipinski definition) is 6. The number of imidazole rings is 1. The zero-order chi connectivity index (χ0) is 22.9. The molecule has 0 amide bonds. The van der Waals surface area contributed by atoms with Crippen molar-refractivity contribution in [1.29, 1.82) is 0 Å².